The van der Waals surface area contributed by atoms with Crippen molar-refractivity contribution in [3.63, 3.8) is 0 Å². The minimum atomic E-state index is 0.438. The third-order valence-electron chi connectivity index (χ3n) is 2.81. The fraction of sp³-hybridized carbons (Fsp3) is 0.500. The summed E-state index contributed by atoms with van der Waals surface area (Å²) in [6.07, 6.45) is 0.975. The average molecular weight is 281 g/mol. The molecule has 0 atom stereocenters. The fourth-order valence-electron chi connectivity index (χ4n) is 1.94. The van der Waals surface area contributed by atoms with E-state index in [2.05, 4.69) is 27.8 Å². The van der Waals surface area contributed by atoms with Crippen molar-refractivity contribution < 1.29 is 4.74 Å². The molecule has 6 nitrogen and oxygen atoms in total. The van der Waals surface area contributed by atoms with Gasteiger partial charge in [0.1, 0.15) is 0 Å². The zero-order valence-corrected chi connectivity index (χ0v) is 12.3. The maximum Gasteiger partial charge on any atom is 0.197 e. The van der Waals surface area contributed by atoms with Crippen LogP contribution in [0.3, 0.4) is 0 Å². The van der Waals surface area contributed by atoms with E-state index in [1.165, 1.54) is 17.2 Å². The van der Waals surface area contributed by atoms with Gasteiger partial charge in [0.05, 0.1) is 12.8 Å². The molecule has 0 aliphatic heterocycles. The zero-order chi connectivity index (χ0) is 13.8. The lowest BCUT2D eigenvalue weighted by Gasteiger charge is -2.07. The van der Waals surface area contributed by atoms with E-state index >= 15 is 0 Å². The number of nitrogens with one attached hydrogen (secondary N) is 1. The van der Waals surface area contributed by atoms with Gasteiger partial charge in [-0.15, -0.1) is 0 Å². The average Bonchev–Trinajstić information content (AvgIpc) is 2.88. The summed E-state index contributed by atoms with van der Waals surface area (Å²) in [6.45, 7) is 5.80. The summed E-state index contributed by atoms with van der Waals surface area (Å²) >= 11 is 1.32. The Bertz CT molecular complexity index is 548. The van der Waals surface area contributed by atoms with Crippen molar-refractivity contribution in [3.8, 4) is 5.75 Å². The predicted molar refractivity (Wildman–Crippen MR) is 77.9 cm³/mol. The van der Waals surface area contributed by atoms with Crippen molar-refractivity contribution in [2.75, 3.05) is 24.7 Å². The minimum Gasteiger partial charge on any atom is -0.490 e. The number of ether oxygens (including phenoxy) is 1. The van der Waals surface area contributed by atoms with Gasteiger partial charge in [0.25, 0.3) is 0 Å². The molecule has 0 bridgehead atoms. The van der Waals surface area contributed by atoms with E-state index in [4.69, 9.17) is 10.5 Å². The summed E-state index contributed by atoms with van der Waals surface area (Å²) in [5.41, 5.74) is 7.94. The Hall–Kier alpha value is -1.76. The third kappa shape index (κ3) is 3.17. The number of nitrogen functional groups attached to an aromatic ring is 1. The van der Waals surface area contributed by atoms with Gasteiger partial charge in [-0.3, -0.25) is 4.68 Å². The van der Waals surface area contributed by atoms with Gasteiger partial charge in [-0.25, -0.2) is 0 Å². The summed E-state index contributed by atoms with van der Waals surface area (Å²) in [7, 11) is 1.60. The van der Waals surface area contributed by atoms with Crippen LogP contribution in [0.2, 0.25) is 0 Å². The number of methoxy groups -OCH3 is 1. The van der Waals surface area contributed by atoms with E-state index in [9.17, 15) is 0 Å². The molecule has 0 spiro atoms. The van der Waals surface area contributed by atoms with Gasteiger partial charge in [-0.05, 0) is 37.9 Å². The highest BCUT2D eigenvalue weighted by atomic mass is 32.1. The summed E-state index contributed by atoms with van der Waals surface area (Å²) in [6, 6.07) is 2.08. The topological polar surface area (TPSA) is 78.0 Å². The van der Waals surface area contributed by atoms with Gasteiger partial charge in [0.15, 0.2) is 16.6 Å². The van der Waals surface area contributed by atoms with Crippen molar-refractivity contribution in [2.24, 2.45) is 0 Å². The lowest BCUT2D eigenvalue weighted by atomic mass is 10.4. The van der Waals surface area contributed by atoms with Crippen LogP contribution in [-0.2, 0) is 6.54 Å². The first kappa shape index (κ1) is 13.7. The highest BCUT2D eigenvalue weighted by Crippen LogP contribution is 2.34. The Kier molecular flexibility index (Phi) is 4.26. The summed E-state index contributed by atoms with van der Waals surface area (Å²) < 4.78 is 11.3. The lowest BCUT2D eigenvalue weighted by Crippen LogP contribution is -2.08. The highest BCUT2D eigenvalue weighted by Gasteiger charge is 2.10. The van der Waals surface area contributed by atoms with Crippen LogP contribution < -0.4 is 15.8 Å². The van der Waals surface area contributed by atoms with Gasteiger partial charge in [0.2, 0.25) is 0 Å². The van der Waals surface area contributed by atoms with Gasteiger partial charge < -0.3 is 15.8 Å². The second-order valence-corrected chi connectivity index (χ2v) is 5.13. The van der Waals surface area contributed by atoms with Crippen molar-refractivity contribution >= 4 is 22.4 Å². The Balaban J connectivity index is 1.82. The van der Waals surface area contributed by atoms with Crippen molar-refractivity contribution in [1.82, 2.24) is 14.2 Å². The number of nitrogens with two attached hydrogens (primary N) is 1. The maximum absolute atomic E-state index is 5.69. The molecule has 3 N–H and O–H groups in total. The lowest BCUT2D eigenvalue weighted by molar-refractivity contribution is 0.419. The molecular weight excluding hydrogens is 262 g/mol. The molecule has 19 heavy (non-hydrogen) atoms. The highest BCUT2D eigenvalue weighted by molar-refractivity contribution is 7.11. The molecule has 0 saturated heterocycles. The fourth-order valence-corrected chi connectivity index (χ4v) is 2.65. The molecule has 0 unspecified atom stereocenters. The van der Waals surface area contributed by atoms with Crippen LogP contribution in [-0.4, -0.2) is 27.8 Å². The number of hydrogen-bond donors (Lipinski definition) is 2. The molecule has 2 rings (SSSR count). The van der Waals surface area contributed by atoms with Crippen LogP contribution in [0.5, 0.6) is 5.75 Å². The molecule has 104 valence electrons. The summed E-state index contributed by atoms with van der Waals surface area (Å²) in [5, 5.41) is 8.60. The van der Waals surface area contributed by atoms with E-state index < -0.39 is 0 Å². The van der Waals surface area contributed by atoms with Crippen LogP contribution in [0.1, 0.15) is 17.8 Å². The van der Waals surface area contributed by atoms with Gasteiger partial charge >= 0.3 is 0 Å². The second-order valence-electron chi connectivity index (χ2n) is 4.36. The molecule has 7 heteroatoms. The molecule has 2 aromatic heterocycles. The van der Waals surface area contributed by atoms with E-state index in [-0.39, 0.29) is 0 Å². The first-order valence-corrected chi connectivity index (χ1v) is 6.93. The molecule has 0 aromatic carbocycles. The third-order valence-corrected chi connectivity index (χ3v) is 3.61. The van der Waals surface area contributed by atoms with Crippen LogP contribution in [0.25, 0.3) is 0 Å². The number of anilines is 2. The van der Waals surface area contributed by atoms with E-state index in [1.807, 2.05) is 11.6 Å². The van der Waals surface area contributed by atoms with Gasteiger partial charge in [0, 0.05) is 18.8 Å². The molecule has 0 saturated carbocycles. The quantitative estimate of drug-likeness (QED) is 0.792. The van der Waals surface area contributed by atoms with Crippen molar-refractivity contribution in [3.05, 3.63) is 17.5 Å². The molecule has 2 aromatic rings. The Morgan fingerprint density at radius 1 is 1.47 bits per heavy atom. The van der Waals surface area contributed by atoms with E-state index in [1.54, 1.807) is 7.11 Å². The zero-order valence-electron chi connectivity index (χ0n) is 11.4. The number of aromatic nitrogens is 3. The monoisotopic (exact) mass is 281 g/mol. The standard InChI is InChI=1S/C12H19N5OS/c1-8-7-9(2)17(15-8)6-4-5-14-12-10(18-3)11(13)16-19-12/h7,14H,4-6H2,1-3H3,(H2,13,16). The predicted octanol–water partition coefficient (Wildman–Crippen LogP) is 2.05. The summed E-state index contributed by atoms with van der Waals surface area (Å²) in [5.74, 6) is 1.07. The number of hydrogen-bond acceptors (Lipinski definition) is 6. The maximum atomic E-state index is 5.69. The van der Waals surface area contributed by atoms with Crippen molar-refractivity contribution in [1.29, 1.82) is 0 Å². The first-order valence-electron chi connectivity index (χ1n) is 6.16. The SMILES string of the molecule is COc1c(N)nsc1NCCCn1nc(C)cc1C. The Labute approximate surface area is 116 Å². The van der Waals surface area contributed by atoms with Crippen LogP contribution in [0.4, 0.5) is 10.8 Å². The Morgan fingerprint density at radius 2 is 2.26 bits per heavy atom. The number of nitrogens with zero attached hydrogens (tertiary/aromatic N) is 3. The smallest absolute Gasteiger partial charge is 0.197 e. The molecule has 2 heterocycles. The summed E-state index contributed by atoms with van der Waals surface area (Å²) in [4.78, 5) is 0. The molecule has 0 amide bonds. The minimum absolute atomic E-state index is 0.438. The molecule has 0 aliphatic rings. The molecule has 0 aliphatic carbocycles. The van der Waals surface area contributed by atoms with Crippen LogP contribution >= 0.6 is 11.5 Å². The second kappa shape index (κ2) is 5.92. The van der Waals surface area contributed by atoms with E-state index in [0.29, 0.717) is 11.6 Å². The molecule has 0 radical (unpaired) electrons. The largest absolute Gasteiger partial charge is 0.490 e. The Morgan fingerprint density at radius 3 is 2.89 bits per heavy atom. The number of aryl methyl sites for hydroxylation is 3. The molecular formula is C12H19N5OS. The van der Waals surface area contributed by atoms with Gasteiger partial charge in [-0.2, -0.15) is 9.47 Å². The van der Waals surface area contributed by atoms with Crippen LogP contribution in [0.15, 0.2) is 6.07 Å². The normalized spacial score (nSPS) is 10.7. The number of rotatable bonds is 6. The molecule has 0 fully saturated rings. The van der Waals surface area contributed by atoms with Gasteiger partial charge in [-0.1, -0.05) is 0 Å². The van der Waals surface area contributed by atoms with Crippen molar-refractivity contribution in [2.45, 2.75) is 26.8 Å². The first-order chi connectivity index (χ1) is 9.11. The van der Waals surface area contributed by atoms with E-state index in [0.717, 1.165) is 30.2 Å². The van der Waals surface area contributed by atoms with Crippen LogP contribution in [0, 0.1) is 13.8 Å².